The molecule has 7 heteroatoms. The molecule has 0 spiro atoms. The number of carbonyl (C=O) groups is 1. The van der Waals surface area contributed by atoms with Gasteiger partial charge in [0.2, 0.25) is 0 Å². The smallest absolute Gasteiger partial charge is 0.341 e. The summed E-state index contributed by atoms with van der Waals surface area (Å²) in [7, 11) is 0. The van der Waals surface area contributed by atoms with Crippen molar-refractivity contribution in [2.75, 3.05) is 6.26 Å². The van der Waals surface area contributed by atoms with Crippen molar-refractivity contribution in [1.29, 1.82) is 0 Å². The van der Waals surface area contributed by atoms with E-state index in [2.05, 4.69) is 15.4 Å². The maximum Gasteiger partial charge on any atom is 0.341 e. The van der Waals surface area contributed by atoms with Crippen LogP contribution in [0.1, 0.15) is 13.8 Å². The van der Waals surface area contributed by atoms with E-state index < -0.39 is 6.03 Å². The van der Waals surface area contributed by atoms with Gasteiger partial charge in [0.1, 0.15) is 5.03 Å². The Morgan fingerprint density at radius 1 is 1.69 bits per heavy atom. The predicted octanol–water partition coefficient (Wildman–Crippen LogP) is 0.861. The van der Waals surface area contributed by atoms with Crippen LogP contribution in [0.4, 0.5) is 4.79 Å². The maximum atomic E-state index is 11.3. The van der Waals surface area contributed by atoms with Crippen LogP contribution in [-0.4, -0.2) is 33.5 Å². The van der Waals surface area contributed by atoms with Crippen LogP contribution >= 0.6 is 11.8 Å². The van der Waals surface area contributed by atoms with E-state index in [0.717, 1.165) is 4.85 Å². The molecule has 0 aliphatic carbocycles. The molecule has 0 saturated heterocycles. The fraction of sp³-hybridized carbons (Fsp3) is 0.444. The third-order valence-electron chi connectivity index (χ3n) is 1.62. The van der Waals surface area contributed by atoms with Gasteiger partial charge >= 0.3 is 6.03 Å². The van der Waals surface area contributed by atoms with E-state index in [1.165, 1.54) is 18.0 Å². The second kappa shape index (κ2) is 5.55. The highest BCUT2D eigenvalue weighted by atomic mass is 32.2. The van der Waals surface area contributed by atoms with Gasteiger partial charge in [0.05, 0.1) is 11.6 Å². The van der Waals surface area contributed by atoms with Gasteiger partial charge in [0.25, 0.3) is 0 Å². The lowest BCUT2D eigenvalue weighted by Gasteiger charge is -2.04. The molecule has 1 heterocycles. The van der Waals surface area contributed by atoms with Crippen LogP contribution in [0.3, 0.4) is 0 Å². The van der Waals surface area contributed by atoms with Gasteiger partial charge in [-0.1, -0.05) is 4.85 Å². The fourth-order valence-electron chi connectivity index (χ4n) is 0.990. The molecular formula is C9H14N4O2S. The number of nitrogens with zero attached hydrogens (tertiary/aromatic N) is 3. The number of carbonyl (C=O) groups excluding carboxylic acids is 1. The molecule has 0 radical (unpaired) electrons. The fourth-order valence-corrected chi connectivity index (χ4v) is 1.44. The number of amides is 2. The van der Waals surface area contributed by atoms with E-state index in [-0.39, 0.29) is 6.04 Å². The average molecular weight is 242 g/mol. The standard InChI is InChI=1S/C9H14N4O2S/c1-6(2)11-9(14)12-7-4-8(16-3)13(15)10-5-7/h4-6,15H,1-3H3,(H,11,14). The lowest BCUT2D eigenvalue weighted by atomic mass is 10.4. The van der Waals surface area contributed by atoms with Gasteiger partial charge in [-0.15, -0.1) is 16.9 Å². The van der Waals surface area contributed by atoms with Crippen LogP contribution < -0.4 is 10.7 Å². The van der Waals surface area contributed by atoms with Crippen LogP contribution in [-0.2, 0) is 0 Å². The molecule has 0 fully saturated rings. The first-order chi connectivity index (χ1) is 7.52. The molecule has 88 valence electrons. The quantitative estimate of drug-likeness (QED) is 0.595. The zero-order chi connectivity index (χ0) is 12.1. The Bertz CT molecular complexity index is 441. The molecule has 1 rings (SSSR count). The van der Waals surface area contributed by atoms with Gasteiger partial charge in [0, 0.05) is 12.1 Å². The van der Waals surface area contributed by atoms with Crippen molar-refractivity contribution in [2.24, 2.45) is 4.99 Å². The summed E-state index contributed by atoms with van der Waals surface area (Å²) in [5.41, 5.74) is 0. The first-order valence-electron chi connectivity index (χ1n) is 4.70. The molecule has 2 N–H and O–H groups in total. The van der Waals surface area contributed by atoms with Crippen molar-refractivity contribution in [3.63, 3.8) is 0 Å². The molecule has 6 nitrogen and oxygen atoms in total. The van der Waals surface area contributed by atoms with Gasteiger partial charge in [-0.2, -0.15) is 4.99 Å². The van der Waals surface area contributed by atoms with Gasteiger partial charge in [-0.25, -0.2) is 4.79 Å². The second-order valence-electron chi connectivity index (χ2n) is 3.36. The Morgan fingerprint density at radius 3 is 2.94 bits per heavy atom. The Kier molecular flexibility index (Phi) is 4.36. The average Bonchev–Trinajstić information content (AvgIpc) is 2.19. The SMILES string of the molecule is CSc1cc(=NC(=O)NC(C)C)cnn1O. The van der Waals surface area contributed by atoms with Crippen LogP contribution in [0.25, 0.3) is 0 Å². The van der Waals surface area contributed by atoms with Crippen molar-refractivity contribution in [3.8, 4) is 0 Å². The van der Waals surface area contributed by atoms with E-state index in [1.807, 2.05) is 13.8 Å². The van der Waals surface area contributed by atoms with Crippen LogP contribution in [0.15, 0.2) is 22.3 Å². The number of rotatable bonds is 2. The molecule has 1 aromatic heterocycles. The van der Waals surface area contributed by atoms with E-state index in [0.29, 0.717) is 10.4 Å². The molecule has 2 amide bonds. The lowest BCUT2D eigenvalue weighted by molar-refractivity contribution is 0.118. The Hall–Kier alpha value is -1.50. The number of thioether (sulfide) groups is 1. The number of urea groups is 1. The summed E-state index contributed by atoms with van der Waals surface area (Å²) >= 11 is 1.31. The predicted molar refractivity (Wildman–Crippen MR) is 60.4 cm³/mol. The molecule has 0 aliphatic rings. The minimum atomic E-state index is -0.417. The number of aromatic nitrogens is 2. The molecule has 0 aromatic carbocycles. The van der Waals surface area contributed by atoms with Crippen LogP contribution in [0.5, 0.6) is 0 Å². The van der Waals surface area contributed by atoms with E-state index in [9.17, 15) is 10.0 Å². The highest BCUT2D eigenvalue weighted by Gasteiger charge is 2.01. The Morgan fingerprint density at radius 2 is 2.38 bits per heavy atom. The molecule has 0 unspecified atom stereocenters. The first-order valence-corrected chi connectivity index (χ1v) is 5.93. The topological polar surface area (TPSA) is 79.5 Å². The number of nitrogens with one attached hydrogen (secondary N) is 1. The first kappa shape index (κ1) is 12.6. The van der Waals surface area contributed by atoms with Crippen molar-refractivity contribution in [1.82, 2.24) is 15.3 Å². The zero-order valence-corrected chi connectivity index (χ0v) is 10.2. The minimum absolute atomic E-state index is 0.0377. The summed E-state index contributed by atoms with van der Waals surface area (Å²) in [6, 6.07) is 1.20. The van der Waals surface area contributed by atoms with Crippen LogP contribution in [0, 0.1) is 0 Å². The number of hydrogen-bond acceptors (Lipinski definition) is 4. The third-order valence-corrected chi connectivity index (χ3v) is 2.32. The van der Waals surface area contributed by atoms with E-state index in [4.69, 9.17) is 0 Å². The highest BCUT2D eigenvalue weighted by molar-refractivity contribution is 7.98. The van der Waals surface area contributed by atoms with E-state index in [1.54, 1.807) is 12.3 Å². The van der Waals surface area contributed by atoms with E-state index >= 15 is 0 Å². The lowest BCUT2D eigenvalue weighted by Crippen LogP contribution is -2.29. The largest absolute Gasteiger partial charge is 0.411 e. The van der Waals surface area contributed by atoms with Crippen molar-refractivity contribution < 1.29 is 10.0 Å². The van der Waals surface area contributed by atoms with Crippen LogP contribution in [0.2, 0.25) is 0 Å². The minimum Gasteiger partial charge on any atom is -0.411 e. The van der Waals surface area contributed by atoms with Gasteiger partial charge in [-0.3, -0.25) is 0 Å². The molecule has 0 atom stereocenters. The third kappa shape index (κ3) is 3.58. The summed E-state index contributed by atoms with van der Waals surface area (Å²) in [4.78, 5) is 15.9. The Balaban J connectivity index is 2.95. The molecule has 0 saturated carbocycles. The summed E-state index contributed by atoms with van der Waals surface area (Å²) < 4.78 is 0. The van der Waals surface area contributed by atoms with Gasteiger partial charge in [0.15, 0.2) is 0 Å². The monoisotopic (exact) mass is 242 g/mol. The summed E-state index contributed by atoms with van der Waals surface area (Å²) in [5, 5.41) is 16.5. The molecular weight excluding hydrogens is 228 g/mol. The van der Waals surface area contributed by atoms with Crippen molar-refractivity contribution in [3.05, 3.63) is 17.6 Å². The normalized spacial score (nSPS) is 11.9. The summed E-state index contributed by atoms with van der Waals surface area (Å²) in [6.45, 7) is 3.71. The second-order valence-corrected chi connectivity index (χ2v) is 4.19. The summed E-state index contributed by atoms with van der Waals surface area (Å²) in [5.74, 6) is 0. The molecule has 1 aromatic rings. The maximum absolute atomic E-state index is 11.3. The molecule has 16 heavy (non-hydrogen) atoms. The van der Waals surface area contributed by atoms with Crippen molar-refractivity contribution >= 4 is 17.8 Å². The van der Waals surface area contributed by atoms with Gasteiger partial charge < -0.3 is 10.5 Å². The highest BCUT2D eigenvalue weighted by Crippen LogP contribution is 2.07. The Labute approximate surface area is 97.4 Å². The molecule has 0 bridgehead atoms. The molecule has 0 aliphatic heterocycles. The zero-order valence-electron chi connectivity index (χ0n) is 9.34. The number of hydrogen-bond donors (Lipinski definition) is 2. The summed E-state index contributed by atoms with van der Waals surface area (Å²) in [6.07, 6.45) is 3.11. The van der Waals surface area contributed by atoms with Gasteiger partial charge in [-0.05, 0) is 20.1 Å². The van der Waals surface area contributed by atoms with Crippen molar-refractivity contribution in [2.45, 2.75) is 24.9 Å².